The molecule has 2 unspecified atom stereocenters. The molecule has 0 saturated heterocycles. The minimum atomic E-state index is -1.62. The number of benzene rings is 2. The SMILES string of the molecule is CCC(C)c1ccc(OC(C)(C)C)c(C)c1.CCC(C)c1ccc([Si](C)(C)OC)cc1. The second-order valence-corrected chi connectivity index (χ2v) is 14.2. The first-order valence-electron chi connectivity index (χ1n) is 11.8. The third-order valence-electron chi connectivity index (χ3n) is 6.09. The molecule has 2 atom stereocenters. The summed E-state index contributed by atoms with van der Waals surface area (Å²) in [6.45, 7) is 21.8. The van der Waals surface area contributed by atoms with E-state index < -0.39 is 8.32 Å². The molecule has 0 spiro atoms. The topological polar surface area (TPSA) is 18.5 Å². The molecule has 3 heteroatoms. The van der Waals surface area contributed by atoms with E-state index >= 15 is 0 Å². The van der Waals surface area contributed by atoms with Gasteiger partial charge >= 0.3 is 0 Å². The second kappa shape index (κ2) is 11.9. The molecule has 0 aromatic heterocycles. The molecule has 0 amide bonds. The van der Waals surface area contributed by atoms with E-state index in [0.717, 1.165) is 5.75 Å². The van der Waals surface area contributed by atoms with Gasteiger partial charge in [0.1, 0.15) is 11.4 Å². The van der Waals surface area contributed by atoms with Gasteiger partial charge in [-0.15, -0.1) is 0 Å². The molecule has 0 aliphatic rings. The fourth-order valence-electron chi connectivity index (χ4n) is 3.23. The number of aryl methyl sites for hydroxylation is 1. The highest BCUT2D eigenvalue weighted by Gasteiger charge is 2.23. The quantitative estimate of drug-likeness (QED) is 0.405. The maximum Gasteiger partial charge on any atom is 0.217 e. The van der Waals surface area contributed by atoms with Crippen LogP contribution in [-0.4, -0.2) is 21.0 Å². The third-order valence-corrected chi connectivity index (χ3v) is 8.84. The zero-order valence-corrected chi connectivity index (χ0v) is 22.9. The molecule has 31 heavy (non-hydrogen) atoms. The molecule has 2 aromatic rings. The lowest BCUT2D eigenvalue weighted by atomic mass is 9.97. The van der Waals surface area contributed by atoms with Crippen molar-refractivity contribution in [3.05, 3.63) is 59.2 Å². The van der Waals surface area contributed by atoms with Gasteiger partial charge in [-0.05, 0) is 93.4 Å². The molecule has 0 aliphatic carbocycles. The van der Waals surface area contributed by atoms with Crippen LogP contribution in [0.15, 0.2) is 42.5 Å². The standard InChI is InChI=1S/C15H24O.C13H22OSi/c1-7-11(2)13-8-9-14(12(3)10-13)16-15(4,5)6;1-6-11(2)12-7-9-13(10-8-12)15(4,5)14-3/h8-11H,7H2,1-6H3;7-11H,6H2,1-5H3. The van der Waals surface area contributed by atoms with Crippen LogP contribution in [0.1, 0.15) is 89.8 Å². The highest BCUT2D eigenvalue weighted by atomic mass is 28.4. The number of ether oxygens (including phenoxy) is 1. The monoisotopic (exact) mass is 442 g/mol. The predicted octanol–water partition coefficient (Wildman–Crippen LogP) is 7.94. The average Bonchev–Trinajstić information content (AvgIpc) is 2.73. The van der Waals surface area contributed by atoms with Crippen molar-refractivity contribution in [2.24, 2.45) is 0 Å². The van der Waals surface area contributed by atoms with Crippen LogP contribution in [0.25, 0.3) is 0 Å². The van der Waals surface area contributed by atoms with Crippen molar-refractivity contribution in [1.82, 2.24) is 0 Å². The summed E-state index contributed by atoms with van der Waals surface area (Å²) in [5.74, 6) is 2.29. The van der Waals surface area contributed by atoms with Crippen LogP contribution < -0.4 is 9.92 Å². The van der Waals surface area contributed by atoms with Gasteiger partial charge in [-0.2, -0.15) is 0 Å². The zero-order chi connectivity index (χ0) is 23.8. The highest BCUT2D eigenvalue weighted by Crippen LogP contribution is 2.27. The first-order valence-corrected chi connectivity index (χ1v) is 14.7. The van der Waals surface area contributed by atoms with Crippen molar-refractivity contribution in [2.45, 2.75) is 98.8 Å². The lowest BCUT2D eigenvalue weighted by molar-refractivity contribution is 0.130. The molecule has 0 N–H and O–H groups in total. The summed E-state index contributed by atoms with van der Waals surface area (Å²) >= 11 is 0. The van der Waals surface area contributed by atoms with E-state index in [1.807, 2.05) is 7.11 Å². The second-order valence-electron chi connectivity index (χ2n) is 10.2. The van der Waals surface area contributed by atoms with Crippen LogP contribution in [0.5, 0.6) is 5.75 Å². The fraction of sp³-hybridized carbons (Fsp3) is 0.571. The molecule has 2 aromatic carbocycles. The summed E-state index contributed by atoms with van der Waals surface area (Å²) in [5, 5.41) is 1.37. The minimum Gasteiger partial charge on any atom is -0.488 e. The van der Waals surface area contributed by atoms with Gasteiger partial charge in [0.2, 0.25) is 8.32 Å². The molecular weight excluding hydrogens is 396 g/mol. The van der Waals surface area contributed by atoms with Gasteiger partial charge < -0.3 is 9.16 Å². The molecule has 0 bridgehead atoms. The average molecular weight is 443 g/mol. The molecule has 2 nitrogen and oxygen atoms in total. The van der Waals surface area contributed by atoms with Crippen LogP contribution in [-0.2, 0) is 4.43 Å². The van der Waals surface area contributed by atoms with Gasteiger partial charge in [-0.1, -0.05) is 64.1 Å². The third kappa shape index (κ3) is 8.82. The summed E-state index contributed by atoms with van der Waals surface area (Å²) in [6.07, 6.45) is 2.38. The van der Waals surface area contributed by atoms with Gasteiger partial charge in [0.25, 0.3) is 0 Å². The van der Waals surface area contributed by atoms with Crippen molar-refractivity contribution < 1.29 is 9.16 Å². The van der Waals surface area contributed by atoms with Crippen molar-refractivity contribution in [1.29, 1.82) is 0 Å². The lowest BCUT2D eigenvalue weighted by Gasteiger charge is -2.23. The van der Waals surface area contributed by atoms with E-state index in [1.165, 1.54) is 34.7 Å². The zero-order valence-electron chi connectivity index (χ0n) is 21.9. The smallest absolute Gasteiger partial charge is 0.217 e. The van der Waals surface area contributed by atoms with Gasteiger partial charge in [0, 0.05) is 7.11 Å². The highest BCUT2D eigenvalue weighted by molar-refractivity contribution is 6.84. The number of hydrogen-bond donors (Lipinski definition) is 0. The van der Waals surface area contributed by atoms with E-state index in [1.54, 1.807) is 0 Å². The van der Waals surface area contributed by atoms with Crippen molar-refractivity contribution in [2.75, 3.05) is 7.11 Å². The van der Waals surface area contributed by atoms with Crippen LogP contribution in [0.3, 0.4) is 0 Å². The maximum atomic E-state index is 5.90. The Morgan fingerprint density at radius 3 is 1.74 bits per heavy atom. The Morgan fingerprint density at radius 1 is 0.839 bits per heavy atom. The number of rotatable bonds is 7. The van der Waals surface area contributed by atoms with Gasteiger partial charge in [-0.25, -0.2) is 0 Å². The first-order chi connectivity index (χ1) is 14.3. The first kappa shape index (κ1) is 27.5. The van der Waals surface area contributed by atoms with Crippen molar-refractivity contribution in [3.63, 3.8) is 0 Å². The molecule has 0 saturated carbocycles. The Bertz CT molecular complexity index is 788. The van der Waals surface area contributed by atoms with E-state index in [-0.39, 0.29) is 5.60 Å². The minimum absolute atomic E-state index is 0.122. The molecule has 0 heterocycles. The Kier molecular flexibility index (Phi) is 10.5. The number of hydrogen-bond acceptors (Lipinski definition) is 2. The molecule has 174 valence electrons. The van der Waals surface area contributed by atoms with Crippen molar-refractivity contribution >= 4 is 13.5 Å². The van der Waals surface area contributed by atoms with Crippen LogP contribution >= 0.6 is 0 Å². The Balaban J connectivity index is 0.000000311. The van der Waals surface area contributed by atoms with Gasteiger partial charge in [0.05, 0.1) is 0 Å². The molecule has 0 radical (unpaired) electrons. The lowest BCUT2D eigenvalue weighted by Crippen LogP contribution is -2.43. The van der Waals surface area contributed by atoms with Crippen LogP contribution in [0, 0.1) is 6.92 Å². The summed E-state index contributed by atoms with van der Waals surface area (Å²) in [5.41, 5.74) is 3.94. The van der Waals surface area contributed by atoms with E-state index in [2.05, 4.69) is 111 Å². The van der Waals surface area contributed by atoms with Gasteiger partial charge in [-0.3, -0.25) is 0 Å². The molecule has 0 aliphatic heterocycles. The normalized spacial score (nSPS) is 13.8. The maximum absolute atomic E-state index is 5.90. The summed E-state index contributed by atoms with van der Waals surface area (Å²) in [4.78, 5) is 0. The van der Waals surface area contributed by atoms with Crippen molar-refractivity contribution in [3.8, 4) is 5.75 Å². The Morgan fingerprint density at radius 2 is 1.32 bits per heavy atom. The molecule has 0 fully saturated rings. The predicted molar refractivity (Wildman–Crippen MR) is 140 cm³/mol. The summed E-state index contributed by atoms with van der Waals surface area (Å²) in [6, 6.07) is 15.5. The molecule has 2 rings (SSSR count). The van der Waals surface area contributed by atoms with E-state index in [0.29, 0.717) is 11.8 Å². The largest absolute Gasteiger partial charge is 0.488 e. The van der Waals surface area contributed by atoms with Gasteiger partial charge in [0.15, 0.2) is 0 Å². The Hall–Kier alpha value is -1.58. The Labute approximate surface area is 193 Å². The summed E-state index contributed by atoms with van der Waals surface area (Å²) in [7, 11) is 0.193. The van der Waals surface area contributed by atoms with Crippen LogP contribution in [0.4, 0.5) is 0 Å². The van der Waals surface area contributed by atoms with E-state index in [4.69, 9.17) is 9.16 Å². The summed E-state index contributed by atoms with van der Waals surface area (Å²) < 4.78 is 11.5. The van der Waals surface area contributed by atoms with E-state index in [9.17, 15) is 0 Å². The molecular formula is C28H46O2Si. The van der Waals surface area contributed by atoms with Crippen LogP contribution in [0.2, 0.25) is 13.1 Å². The fourth-order valence-corrected chi connectivity index (χ4v) is 4.43.